The number of rotatable bonds is 5. The minimum atomic E-state index is -3.78. The molecule has 0 aliphatic heterocycles. The fourth-order valence-electron chi connectivity index (χ4n) is 2.34. The summed E-state index contributed by atoms with van der Waals surface area (Å²) in [6.45, 7) is 1.38. The number of sulfonamides is 1. The van der Waals surface area contributed by atoms with Crippen LogP contribution in [0.2, 0.25) is 0 Å². The number of fused-ring (bicyclic) bond motifs is 1. The summed E-state index contributed by atoms with van der Waals surface area (Å²) in [6.07, 6.45) is 3.20. The quantitative estimate of drug-likeness (QED) is 0.483. The molecular weight excluding hydrogens is 340 g/mol. The first kappa shape index (κ1) is 16.7. The van der Waals surface area contributed by atoms with Crippen LogP contribution < -0.4 is 10.1 Å². The molecule has 8 heteroatoms. The van der Waals surface area contributed by atoms with Gasteiger partial charge in [0.1, 0.15) is 0 Å². The molecule has 2 aromatic carbocycles. The third-order valence-corrected chi connectivity index (χ3v) is 4.72. The average Bonchev–Trinajstić information content (AvgIpc) is 2.98. The van der Waals surface area contributed by atoms with Gasteiger partial charge in [0.15, 0.2) is 0 Å². The van der Waals surface area contributed by atoms with E-state index in [9.17, 15) is 13.2 Å². The third-order valence-electron chi connectivity index (χ3n) is 3.48. The third kappa shape index (κ3) is 3.86. The summed E-state index contributed by atoms with van der Waals surface area (Å²) in [5.41, 5.74) is 2.24. The van der Waals surface area contributed by atoms with Crippen LogP contribution in [-0.2, 0) is 14.8 Å². The number of benzene rings is 2. The lowest BCUT2D eigenvalue weighted by molar-refractivity contribution is -0.114. The molecular formula is C17H16N4O3S. The molecule has 0 spiro atoms. The zero-order chi connectivity index (χ0) is 17.9. The van der Waals surface area contributed by atoms with Crippen LogP contribution in [-0.4, -0.2) is 25.5 Å². The smallest absolute Gasteiger partial charge is 0.276 e. The van der Waals surface area contributed by atoms with Gasteiger partial charge in [-0.3, -0.25) is 4.79 Å². The highest BCUT2D eigenvalue weighted by atomic mass is 32.2. The topological polar surface area (TPSA) is 103 Å². The van der Waals surface area contributed by atoms with Gasteiger partial charge in [-0.1, -0.05) is 18.2 Å². The van der Waals surface area contributed by atoms with Crippen molar-refractivity contribution in [2.45, 2.75) is 11.8 Å². The molecule has 0 saturated carbocycles. The predicted octanol–water partition coefficient (Wildman–Crippen LogP) is 2.44. The molecule has 7 nitrogen and oxygen atoms in total. The fraction of sp³-hybridized carbons (Fsp3) is 0.0588. The summed E-state index contributed by atoms with van der Waals surface area (Å²) < 4.78 is 24.5. The lowest BCUT2D eigenvalue weighted by Crippen LogP contribution is -2.18. The number of carbonyl (C=O) groups is 1. The van der Waals surface area contributed by atoms with Crippen LogP contribution in [0.15, 0.2) is 64.7 Å². The molecule has 0 fully saturated rings. The summed E-state index contributed by atoms with van der Waals surface area (Å²) in [5.74, 6) is -0.225. The zero-order valence-corrected chi connectivity index (χ0v) is 14.2. The van der Waals surface area contributed by atoms with Gasteiger partial charge in [0.2, 0.25) is 5.91 Å². The zero-order valence-electron chi connectivity index (χ0n) is 13.4. The Bertz CT molecular complexity index is 1040. The monoisotopic (exact) mass is 356 g/mol. The van der Waals surface area contributed by atoms with Crippen molar-refractivity contribution in [2.24, 2.45) is 5.10 Å². The highest BCUT2D eigenvalue weighted by Crippen LogP contribution is 2.16. The van der Waals surface area contributed by atoms with Crippen molar-refractivity contribution in [1.82, 2.24) is 9.82 Å². The first-order valence-electron chi connectivity index (χ1n) is 7.44. The number of para-hydroxylation sites is 1. The molecule has 0 bridgehead atoms. The Kier molecular flexibility index (Phi) is 4.53. The van der Waals surface area contributed by atoms with Gasteiger partial charge in [-0.15, -0.1) is 0 Å². The van der Waals surface area contributed by atoms with Crippen LogP contribution in [0.3, 0.4) is 0 Å². The van der Waals surface area contributed by atoms with Gasteiger partial charge >= 0.3 is 0 Å². The van der Waals surface area contributed by atoms with E-state index in [0.717, 1.165) is 16.5 Å². The molecule has 3 aromatic rings. The minimum absolute atomic E-state index is 0.0534. The maximum absolute atomic E-state index is 12.2. The number of aromatic nitrogens is 1. The largest absolute Gasteiger partial charge is 0.361 e. The summed E-state index contributed by atoms with van der Waals surface area (Å²) >= 11 is 0. The van der Waals surface area contributed by atoms with Crippen molar-refractivity contribution in [2.75, 3.05) is 5.32 Å². The van der Waals surface area contributed by atoms with Crippen LogP contribution in [0.1, 0.15) is 12.5 Å². The minimum Gasteiger partial charge on any atom is -0.361 e. The number of aromatic amines is 1. The summed E-state index contributed by atoms with van der Waals surface area (Å²) in [4.78, 5) is 16.3. The molecule has 0 aliphatic rings. The molecule has 0 radical (unpaired) electrons. The van der Waals surface area contributed by atoms with Crippen molar-refractivity contribution in [3.05, 3.63) is 60.3 Å². The Morgan fingerprint density at radius 1 is 1.12 bits per heavy atom. The number of amides is 1. The molecule has 0 atom stereocenters. The highest BCUT2D eigenvalue weighted by Gasteiger charge is 2.12. The summed E-state index contributed by atoms with van der Waals surface area (Å²) in [5, 5.41) is 7.35. The molecule has 0 saturated heterocycles. The van der Waals surface area contributed by atoms with E-state index in [1.807, 2.05) is 24.3 Å². The molecule has 128 valence electrons. The molecule has 0 aliphatic carbocycles. The van der Waals surface area contributed by atoms with Crippen molar-refractivity contribution in [3.8, 4) is 0 Å². The number of hydrogen-bond acceptors (Lipinski definition) is 4. The lowest BCUT2D eigenvalue weighted by atomic mass is 10.2. The number of anilines is 1. The van der Waals surface area contributed by atoms with E-state index in [1.165, 1.54) is 37.4 Å². The van der Waals surface area contributed by atoms with Crippen molar-refractivity contribution >= 4 is 38.7 Å². The Balaban J connectivity index is 1.74. The first-order valence-corrected chi connectivity index (χ1v) is 8.93. The Morgan fingerprint density at radius 3 is 2.56 bits per heavy atom. The van der Waals surface area contributed by atoms with Crippen molar-refractivity contribution in [3.63, 3.8) is 0 Å². The van der Waals surface area contributed by atoms with Gasteiger partial charge in [-0.2, -0.15) is 13.5 Å². The van der Waals surface area contributed by atoms with Gasteiger partial charge in [0.05, 0.1) is 11.1 Å². The SMILES string of the molecule is CC(=O)Nc1ccc(S(=O)(=O)N/N=C/c2c[nH]c3ccccc23)cc1. The highest BCUT2D eigenvalue weighted by molar-refractivity contribution is 7.89. The van der Waals surface area contributed by atoms with Gasteiger partial charge in [0, 0.05) is 35.3 Å². The Morgan fingerprint density at radius 2 is 1.84 bits per heavy atom. The van der Waals surface area contributed by atoms with Crippen LogP contribution >= 0.6 is 0 Å². The van der Waals surface area contributed by atoms with E-state index < -0.39 is 10.0 Å². The second-order valence-corrected chi connectivity index (χ2v) is 7.01. The molecule has 3 N–H and O–H groups in total. The molecule has 3 rings (SSSR count). The van der Waals surface area contributed by atoms with Crippen LogP contribution in [0.4, 0.5) is 5.69 Å². The van der Waals surface area contributed by atoms with Gasteiger partial charge in [0.25, 0.3) is 10.0 Å². The summed E-state index contributed by atoms with van der Waals surface area (Å²) in [6, 6.07) is 13.5. The van der Waals surface area contributed by atoms with E-state index in [0.29, 0.717) is 5.69 Å². The van der Waals surface area contributed by atoms with Gasteiger partial charge in [-0.05, 0) is 30.3 Å². The molecule has 0 unspecified atom stereocenters. The van der Waals surface area contributed by atoms with Crippen LogP contribution in [0.5, 0.6) is 0 Å². The number of hydrogen-bond donors (Lipinski definition) is 3. The second-order valence-electron chi connectivity index (χ2n) is 5.35. The number of nitrogens with zero attached hydrogens (tertiary/aromatic N) is 1. The predicted molar refractivity (Wildman–Crippen MR) is 97.0 cm³/mol. The second kappa shape index (κ2) is 6.78. The number of carbonyl (C=O) groups excluding carboxylic acids is 1. The number of nitrogens with one attached hydrogen (secondary N) is 3. The van der Waals surface area contributed by atoms with Gasteiger partial charge < -0.3 is 10.3 Å². The standard InChI is InChI=1S/C17H16N4O3S/c1-12(22)20-14-6-8-15(9-7-14)25(23,24)21-19-11-13-10-18-17-5-3-2-4-16(13)17/h2-11,18,21H,1H3,(H,20,22)/b19-11+. The first-order chi connectivity index (χ1) is 12.0. The Labute approximate surface area is 144 Å². The van der Waals surface area contributed by atoms with E-state index in [2.05, 4.69) is 20.2 Å². The van der Waals surface area contributed by atoms with Crippen LogP contribution in [0, 0.1) is 0 Å². The molecule has 1 heterocycles. The maximum Gasteiger partial charge on any atom is 0.276 e. The van der Waals surface area contributed by atoms with Gasteiger partial charge in [-0.25, -0.2) is 4.83 Å². The summed E-state index contributed by atoms with van der Waals surface area (Å²) in [7, 11) is -3.78. The van der Waals surface area contributed by atoms with Crippen LogP contribution in [0.25, 0.3) is 10.9 Å². The fourth-order valence-corrected chi connectivity index (χ4v) is 3.13. The van der Waals surface area contributed by atoms with E-state index >= 15 is 0 Å². The lowest BCUT2D eigenvalue weighted by Gasteiger charge is -2.05. The Hall–Kier alpha value is -3.13. The number of hydrazone groups is 1. The van der Waals surface area contributed by atoms with E-state index in [1.54, 1.807) is 6.20 Å². The average molecular weight is 356 g/mol. The molecule has 1 amide bonds. The maximum atomic E-state index is 12.2. The molecule has 25 heavy (non-hydrogen) atoms. The van der Waals surface area contributed by atoms with E-state index in [-0.39, 0.29) is 10.8 Å². The normalized spacial score (nSPS) is 11.7. The van der Waals surface area contributed by atoms with Crippen molar-refractivity contribution in [1.29, 1.82) is 0 Å². The number of H-pyrrole nitrogens is 1. The van der Waals surface area contributed by atoms with E-state index in [4.69, 9.17) is 0 Å². The molecule has 1 aromatic heterocycles. The van der Waals surface area contributed by atoms with Crippen molar-refractivity contribution < 1.29 is 13.2 Å².